The van der Waals surface area contributed by atoms with Crippen LogP contribution in [0.15, 0.2) is 18.2 Å². The second kappa shape index (κ2) is 5.24. The minimum atomic E-state index is -4.24. The molecule has 1 aromatic carbocycles. The van der Waals surface area contributed by atoms with E-state index >= 15 is 0 Å². The van der Waals surface area contributed by atoms with Crippen molar-refractivity contribution < 1.29 is 13.2 Å². The molecule has 0 heterocycles. The molecular weight excluding hydrogens is 305 g/mol. The van der Waals surface area contributed by atoms with Gasteiger partial charge in [0, 0.05) is 4.83 Å². The molecule has 1 aliphatic rings. The van der Waals surface area contributed by atoms with E-state index in [0.717, 1.165) is 36.8 Å². The van der Waals surface area contributed by atoms with Gasteiger partial charge >= 0.3 is 6.18 Å². The summed E-state index contributed by atoms with van der Waals surface area (Å²) in [5, 5.41) is 0. The van der Waals surface area contributed by atoms with Crippen LogP contribution in [0.2, 0.25) is 0 Å². The van der Waals surface area contributed by atoms with Gasteiger partial charge in [0.1, 0.15) is 0 Å². The Morgan fingerprint density at radius 1 is 1.22 bits per heavy atom. The number of rotatable bonds is 1. The predicted octanol–water partition coefficient (Wildman–Crippen LogP) is 5.43. The van der Waals surface area contributed by atoms with Crippen LogP contribution in [0.1, 0.15) is 48.3 Å². The van der Waals surface area contributed by atoms with E-state index in [1.165, 1.54) is 12.1 Å². The second-order valence-electron chi connectivity index (χ2n) is 5.03. The van der Waals surface area contributed by atoms with Crippen LogP contribution in [0.25, 0.3) is 0 Å². The van der Waals surface area contributed by atoms with Crippen LogP contribution >= 0.6 is 15.9 Å². The Kier molecular flexibility index (Phi) is 4.05. The molecule has 0 radical (unpaired) electrons. The van der Waals surface area contributed by atoms with E-state index in [4.69, 9.17) is 0 Å². The molecule has 1 aromatic rings. The van der Waals surface area contributed by atoms with E-state index < -0.39 is 11.7 Å². The normalized spacial score (nSPS) is 25.2. The first-order chi connectivity index (χ1) is 8.38. The minimum absolute atomic E-state index is 0.394. The molecule has 2 rings (SSSR count). The Bertz CT molecular complexity index is 426. The largest absolute Gasteiger partial charge is 0.416 e. The summed E-state index contributed by atoms with van der Waals surface area (Å²) in [6.45, 7) is 1.78. The summed E-state index contributed by atoms with van der Waals surface area (Å²) in [6.07, 6.45) is 0.158. The molecule has 4 heteroatoms. The van der Waals surface area contributed by atoms with E-state index in [0.29, 0.717) is 10.7 Å². The van der Waals surface area contributed by atoms with Crippen LogP contribution in [0, 0.1) is 6.92 Å². The van der Waals surface area contributed by atoms with Gasteiger partial charge in [0.15, 0.2) is 0 Å². The molecule has 0 amide bonds. The number of benzene rings is 1. The van der Waals surface area contributed by atoms with Gasteiger partial charge in [-0.05, 0) is 55.4 Å². The highest BCUT2D eigenvalue weighted by molar-refractivity contribution is 9.09. The minimum Gasteiger partial charge on any atom is -0.166 e. The van der Waals surface area contributed by atoms with Gasteiger partial charge in [-0.25, -0.2) is 0 Å². The molecule has 2 atom stereocenters. The fourth-order valence-electron chi connectivity index (χ4n) is 2.72. The summed E-state index contributed by atoms with van der Waals surface area (Å²) in [6, 6.07) is 4.14. The quantitative estimate of drug-likeness (QED) is 0.605. The first-order valence-electron chi connectivity index (χ1n) is 6.19. The standard InChI is InChI=1S/C14H16BrF3/c1-9-7-11(14(16,17)18)5-6-13(9)10-3-2-4-12(15)8-10/h5-7,10,12H,2-4,8H2,1H3. The van der Waals surface area contributed by atoms with Crippen LogP contribution in [0.3, 0.4) is 0 Å². The van der Waals surface area contributed by atoms with Crippen molar-refractivity contribution in [1.29, 1.82) is 0 Å². The van der Waals surface area contributed by atoms with Gasteiger partial charge in [-0.3, -0.25) is 0 Å². The van der Waals surface area contributed by atoms with E-state index in [-0.39, 0.29) is 0 Å². The predicted molar refractivity (Wildman–Crippen MR) is 70.1 cm³/mol. The maximum atomic E-state index is 12.6. The molecule has 1 saturated carbocycles. The molecule has 0 aliphatic heterocycles. The van der Waals surface area contributed by atoms with Crippen LogP contribution in [-0.4, -0.2) is 4.83 Å². The molecule has 0 saturated heterocycles. The molecule has 0 spiro atoms. The molecule has 0 aromatic heterocycles. The fraction of sp³-hybridized carbons (Fsp3) is 0.571. The summed E-state index contributed by atoms with van der Waals surface area (Å²) >= 11 is 3.62. The average molecular weight is 321 g/mol. The third-order valence-corrected chi connectivity index (χ3v) is 4.48. The second-order valence-corrected chi connectivity index (χ2v) is 6.32. The molecule has 0 nitrogen and oxygen atoms in total. The smallest absolute Gasteiger partial charge is 0.166 e. The highest BCUT2D eigenvalue weighted by atomic mass is 79.9. The Labute approximate surface area is 114 Å². The maximum Gasteiger partial charge on any atom is 0.416 e. The number of hydrogen-bond acceptors (Lipinski definition) is 0. The Balaban J connectivity index is 2.24. The molecule has 1 fully saturated rings. The van der Waals surface area contributed by atoms with Crippen molar-refractivity contribution in [3.8, 4) is 0 Å². The molecule has 0 N–H and O–H groups in total. The molecule has 18 heavy (non-hydrogen) atoms. The van der Waals surface area contributed by atoms with E-state index in [2.05, 4.69) is 15.9 Å². The van der Waals surface area contributed by atoms with Crippen LogP contribution < -0.4 is 0 Å². The average Bonchev–Trinajstić information content (AvgIpc) is 2.27. The zero-order chi connectivity index (χ0) is 13.3. The number of aryl methyl sites for hydroxylation is 1. The van der Waals surface area contributed by atoms with Crippen LogP contribution in [0.4, 0.5) is 13.2 Å². The molecule has 100 valence electrons. The monoisotopic (exact) mass is 320 g/mol. The van der Waals surface area contributed by atoms with Crippen molar-refractivity contribution in [2.75, 3.05) is 0 Å². The zero-order valence-corrected chi connectivity index (χ0v) is 11.8. The molecule has 2 unspecified atom stereocenters. The summed E-state index contributed by atoms with van der Waals surface area (Å²) in [5.41, 5.74) is 1.29. The SMILES string of the molecule is Cc1cc(C(F)(F)F)ccc1C1CCCC(Br)C1. The van der Waals surface area contributed by atoms with Crippen molar-refractivity contribution in [1.82, 2.24) is 0 Å². The highest BCUT2D eigenvalue weighted by Gasteiger charge is 2.31. The maximum absolute atomic E-state index is 12.6. The Morgan fingerprint density at radius 3 is 2.50 bits per heavy atom. The first-order valence-corrected chi connectivity index (χ1v) is 7.11. The van der Waals surface area contributed by atoms with E-state index in [9.17, 15) is 13.2 Å². The lowest BCUT2D eigenvalue weighted by Gasteiger charge is -2.27. The summed E-state index contributed by atoms with van der Waals surface area (Å²) in [5.74, 6) is 0.394. The van der Waals surface area contributed by atoms with Crippen molar-refractivity contribution >= 4 is 15.9 Å². The lowest BCUT2D eigenvalue weighted by atomic mass is 9.82. The van der Waals surface area contributed by atoms with Crippen molar-refractivity contribution in [2.24, 2.45) is 0 Å². The lowest BCUT2D eigenvalue weighted by molar-refractivity contribution is -0.137. The molecule has 0 bridgehead atoms. The van der Waals surface area contributed by atoms with Crippen LogP contribution in [0.5, 0.6) is 0 Å². The van der Waals surface area contributed by atoms with Gasteiger partial charge in [-0.1, -0.05) is 28.4 Å². The summed E-state index contributed by atoms with van der Waals surface area (Å²) in [7, 11) is 0. The highest BCUT2D eigenvalue weighted by Crippen LogP contribution is 2.39. The Hall–Kier alpha value is -0.510. The third kappa shape index (κ3) is 3.08. The van der Waals surface area contributed by atoms with Crippen molar-refractivity contribution in [2.45, 2.75) is 49.5 Å². The third-order valence-electron chi connectivity index (χ3n) is 3.65. The Morgan fingerprint density at radius 2 is 1.94 bits per heavy atom. The van der Waals surface area contributed by atoms with Gasteiger partial charge in [0.2, 0.25) is 0 Å². The first kappa shape index (κ1) is 13.9. The zero-order valence-electron chi connectivity index (χ0n) is 10.2. The van der Waals surface area contributed by atoms with Gasteiger partial charge in [-0.15, -0.1) is 0 Å². The van der Waals surface area contributed by atoms with E-state index in [1.54, 1.807) is 13.0 Å². The van der Waals surface area contributed by atoms with Crippen molar-refractivity contribution in [3.05, 3.63) is 34.9 Å². The summed E-state index contributed by atoms with van der Waals surface area (Å²) in [4.78, 5) is 0.498. The van der Waals surface area contributed by atoms with Gasteiger partial charge in [0.05, 0.1) is 5.56 Å². The van der Waals surface area contributed by atoms with E-state index in [1.807, 2.05) is 0 Å². The number of alkyl halides is 4. The molecule has 1 aliphatic carbocycles. The number of hydrogen-bond donors (Lipinski definition) is 0. The van der Waals surface area contributed by atoms with Crippen LogP contribution in [-0.2, 0) is 6.18 Å². The van der Waals surface area contributed by atoms with Gasteiger partial charge in [-0.2, -0.15) is 13.2 Å². The van der Waals surface area contributed by atoms with Gasteiger partial charge in [0.25, 0.3) is 0 Å². The lowest BCUT2D eigenvalue weighted by Crippen LogP contribution is -2.15. The number of halogens is 4. The topological polar surface area (TPSA) is 0 Å². The fourth-order valence-corrected chi connectivity index (χ4v) is 3.50. The summed E-state index contributed by atoms with van der Waals surface area (Å²) < 4.78 is 37.8. The molecular formula is C14H16BrF3. The van der Waals surface area contributed by atoms with Crippen molar-refractivity contribution in [3.63, 3.8) is 0 Å². The van der Waals surface area contributed by atoms with Gasteiger partial charge < -0.3 is 0 Å².